The number of piperidine rings is 1. The summed E-state index contributed by atoms with van der Waals surface area (Å²) in [4.78, 5) is 2.19. The first-order valence-electron chi connectivity index (χ1n) is 7.27. The average molecular weight is 307 g/mol. The van der Waals surface area contributed by atoms with Gasteiger partial charge in [-0.15, -0.1) is 0 Å². The molecule has 2 N–H and O–H groups in total. The summed E-state index contributed by atoms with van der Waals surface area (Å²) in [5.41, 5.74) is 0. The number of rotatable bonds is 6. The number of hydrogen-bond acceptors (Lipinski definition) is 5. The van der Waals surface area contributed by atoms with Crippen LogP contribution in [0.5, 0.6) is 0 Å². The number of nitrogens with one attached hydrogen (secondary N) is 1. The lowest BCUT2D eigenvalue weighted by molar-refractivity contribution is 0.0389. The normalized spacial score (nSPS) is 26.8. The second-order valence-corrected chi connectivity index (χ2v) is 7.16. The number of nitrogens with zero attached hydrogens (tertiary/aromatic N) is 2. The van der Waals surface area contributed by atoms with Crippen molar-refractivity contribution in [2.24, 2.45) is 5.92 Å². The lowest BCUT2D eigenvalue weighted by Crippen LogP contribution is -2.48. The van der Waals surface area contributed by atoms with Gasteiger partial charge in [-0.1, -0.05) is 0 Å². The third-order valence-corrected chi connectivity index (χ3v) is 5.48. The maximum absolute atomic E-state index is 12.2. The van der Waals surface area contributed by atoms with Crippen LogP contribution in [0.2, 0.25) is 0 Å². The van der Waals surface area contributed by atoms with E-state index in [2.05, 4.69) is 9.62 Å². The molecule has 8 heteroatoms. The summed E-state index contributed by atoms with van der Waals surface area (Å²) < 4.78 is 33.7. The van der Waals surface area contributed by atoms with E-state index in [-0.39, 0.29) is 12.5 Å². The summed E-state index contributed by atoms with van der Waals surface area (Å²) in [7, 11) is -3.41. The maximum atomic E-state index is 12.2. The van der Waals surface area contributed by atoms with Crippen LogP contribution in [-0.2, 0) is 14.9 Å². The maximum Gasteiger partial charge on any atom is 0.279 e. The molecule has 2 fully saturated rings. The molecule has 2 saturated heterocycles. The molecule has 0 bridgehead atoms. The van der Waals surface area contributed by atoms with Gasteiger partial charge in [-0.2, -0.15) is 12.7 Å². The molecule has 0 aromatic carbocycles. The molecule has 0 amide bonds. The van der Waals surface area contributed by atoms with E-state index in [1.807, 2.05) is 0 Å². The Morgan fingerprint density at radius 2 is 2.00 bits per heavy atom. The average Bonchev–Trinajstić information content (AvgIpc) is 2.48. The minimum Gasteiger partial charge on any atom is -0.396 e. The fourth-order valence-corrected chi connectivity index (χ4v) is 3.95. The summed E-state index contributed by atoms with van der Waals surface area (Å²) in [5, 5.41) is 9.16. The summed E-state index contributed by atoms with van der Waals surface area (Å²) in [5.74, 6) is 0.0690. The zero-order valence-corrected chi connectivity index (χ0v) is 12.6. The van der Waals surface area contributed by atoms with Crippen molar-refractivity contribution in [2.75, 3.05) is 59.1 Å². The molecule has 2 heterocycles. The van der Waals surface area contributed by atoms with Gasteiger partial charge in [-0.05, 0) is 18.8 Å². The molecule has 118 valence electrons. The Hall–Kier alpha value is -0.250. The fraction of sp³-hybridized carbons (Fsp3) is 1.00. The first kappa shape index (κ1) is 16.1. The molecule has 0 aromatic heterocycles. The number of aliphatic hydroxyl groups excluding tert-OH is 1. The molecule has 2 rings (SSSR count). The van der Waals surface area contributed by atoms with Crippen LogP contribution >= 0.6 is 0 Å². The molecule has 2 aliphatic heterocycles. The zero-order valence-electron chi connectivity index (χ0n) is 11.8. The third-order valence-electron chi connectivity index (χ3n) is 3.90. The van der Waals surface area contributed by atoms with Crippen molar-refractivity contribution in [1.29, 1.82) is 0 Å². The topological polar surface area (TPSA) is 82.1 Å². The van der Waals surface area contributed by atoms with Gasteiger partial charge in [0.05, 0.1) is 13.2 Å². The summed E-state index contributed by atoms with van der Waals surface area (Å²) in [6.45, 7) is 5.30. The van der Waals surface area contributed by atoms with E-state index in [4.69, 9.17) is 9.84 Å². The van der Waals surface area contributed by atoms with Gasteiger partial charge in [-0.25, -0.2) is 4.72 Å². The third kappa shape index (κ3) is 4.64. The van der Waals surface area contributed by atoms with Gasteiger partial charge < -0.3 is 9.84 Å². The summed E-state index contributed by atoms with van der Waals surface area (Å²) >= 11 is 0. The van der Waals surface area contributed by atoms with Crippen molar-refractivity contribution in [3.05, 3.63) is 0 Å². The van der Waals surface area contributed by atoms with E-state index in [1.54, 1.807) is 0 Å². The quantitative estimate of drug-likeness (QED) is 0.648. The van der Waals surface area contributed by atoms with E-state index < -0.39 is 10.2 Å². The van der Waals surface area contributed by atoms with Crippen molar-refractivity contribution in [3.63, 3.8) is 0 Å². The van der Waals surface area contributed by atoms with Crippen LogP contribution in [0.3, 0.4) is 0 Å². The van der Waals surface area contributed by atoms with E-state index in [0.717, 1.165) is 39.1 Å². The lowest BCUT2D eigenvalue weighted by Gasteiger charge is -2.31. The molecule has 1 atom stereocenters. The minimum absolute atomic E-state index is 0.0554. The van der Waals surface area contributed by atoms with Crippen molar-refractivity contribution < 1.29 is 18.3 Å². The molecule has 0 spiro atoms. The Bertz CT molecular complexity index is 384. The number of ether oxygens (including phenoxy) is 1. The predicted octanol–water partition coefficient (Wildman–Crippen LogP) is -1.14. The molecular formula is C12H25N3O4S. The number of morpholine rings is 1. The smallest absolute Gasteiger partial charge is 0.279 e. The zero-order chi connectivity index (χ0) is 14.4. The van der Waals surface area contributed by atoms with Crippen LogP contribution in [-0.4, -0.2) is 81.8 Å². The largest absolute Gasteiger partial charge is 0.396 e. The van der Waals surface area contributed by atoms with E-state index in [9.17, 15) is 8.42 Å². The standard InChI is InChI=1S/C12H25N3O4S/c16-11-12-2-1-4-15(10-12)20(17,18)13-3-5-14-6-8-19-9-7-14/h12-13,16H,1-11H2. The van der Waals surface area contributed by atoms with Crippen LogP contribution in [0.1, 0.15) is 12.8 Å². The molecule has 0 aromatic rings. The minimum atomic E-state index is -3.41. The van der Waals surface area contributed by atoms with Crippen LogP contribution < -0.4 is 4.72 Å². The second-order valence-electron chi connectivity index (χ2n) is 5.40. The summed E-state index contributed by atoms with van der Waals surface area (Å²) in [6, 6.07) is 0. The first-order valence-corrected chi connectivity index (χ1v) is 8.71. The molecule has 0 radical (unpaired) electrons. The Balaban J connectivity index is 1.75. The monoisotopic (exact) mass is 307 g/mol. The van der Waals surface area contributed by atoms with E-state index >= 15 is 0 Å². The second kappa shape index (κ2) is 7.67. The summed E-state index contributed by atoms with van der Waals surface area (Å²) in [6.07, 6.45) is 1.71. The molecular weight excluding hydrogens is 282 g/mol. The van der Waals surface area contributed by atoms with Crippen molar-refractivity contribution in [2.45, 2.75) is 12.8 Å². The van der Waals surface area contributed by atoms with Gasteiger partial charge in [0.1, 0.15) is 0 Å². The molecule has 7 nitrogen and oxygen atoms in total. The van der Waals surface area contributed by atoms with Crippen LogP contribution in [0.4, 0.5) is 0 Å². The van der Waals surface area contributed by atoms with E-state index in [0.29, 0.717) is 26.2 Å². The lowest BCUT2D eigenvalue weighted by atomic mass is 10.0. The highest BCUT2D eigenvalue weighted by Crippen LogP contribution is 2.17. The molecule has 20 heavy (non-hydrogen) atoms. The van der Waals surface area contributed by atoms with Gasteiger partial charge in [0.25, 0.3) is 10.2 Å². The van der Waals surface area contributed by atoms with Crippen molar-refractivity contribution in [3.8, 4) is 0 Å². The Morgan fingerprint density at radius 3 is 2.70 bits per heavy atom. The van der Waals surface area contributed by atoms with Gasteiger partial charge in [0.2, 0.25) is 0 Å². The van der Waals surface area contributed by atoms with Crippen LogP contribution in [0, 0.1) is 5.92 Å². The van der Waals surface area contributed by atoms with Crippen LogP contribution in [0.15, 0.2) is 0 Å². The van der Waals surface area contributed by atoms with E-state index in [1.165, 1.54) is 4.31 Å². The highest BCUT2D eigenvalue weighted by molar-refractivity contribution is 7.87. The molecule has 2 aliphatic rings. The van der Waals surface area contributed by atoms with Crippen molar-refractivity contribution >= 4 is 10.2 Å². The van der Waals surface area contributed by atoms with Gasteiger partial charge in [-0.3, -0.25) is 4.90 Å². The SMILES string of the molecule is O=S(=O)(NCCN1CCOCC1)N1CCCC(CO)C1. The van der Waals surface area contributed by atoms with Gasteiger partial charge in [0, 0.05) is 45.9 Å². The highest BCUT2D eigenvalue weighted by Gasteiger charge is 2.28. The first-order chi connectivity index (χ1) is 9.62. The number of hydrogen-bond donors (Lipinski definition) is 2. The van der Waals surface area contributed by atoms with Gasteiger partial charge >= 0.3 is 0 Å². The van der Waals surface area contributed by atoms with Crippen LogP contribution in [0.25, 0.3) is 0 Å². The Kier molecular flexibility index (Phi) is 6.19. The molecule has 0 aliphatic carbocycles. The van der Waals surface area contributed by atoms with Gasteiger partial charge in [0.15, 0.2) is 0 Å². The predicted molar refractivity (Wildman–Crippen MR) is 75.6 cm³/mol. The molecule has 1 unspecified atom stereocenters. The Labute approximate surface area is 121 Å². The van der Waals surface area contributed by atoms with Crippen molar-refractivity contribution in [1.82, 2.24) is 13.9 Å². The Morgan fingerprint density at radius 1 is 1.25 bits per heavy atom. The molecule has 0 saturated carbocycles. The number of aliphatic hydroxyl groups is 1. The highest BCUT2D eigenvalue weighted by atomic mass is 32.2. The fourth-order valence-electron chi connectivity index (χ4n) is 2.64.